The molecule has 2 heterocycles. The van der Waals surface area contributed by atoms with Gasteiger partial charge in [-0.3, -0.25) is 5.10 Å². The zero-order chi connectivity index (χ0) is 20.3. The van der Waals surface area contributed by atoms with Crippen LogP contribution in [-0.4, -0.2) is 20.2 Å². The van der Waals surface area contributed by atoms with Crippen molar-refractivity contribution in [2.75, 3.05) is 0 Å². The molecule has 0 radical (unpaired) electrons. The van der Waals surface area contributed by atoms with Crippen LogP contribution in [0.5, 0.6) is 5.75 Å². The molecule has 0 spiro atoms. The molecule has 0 aliphatic carbocycles. The molecule has 0 aliphatic heterocycles. The Kier molecular flexibility index (Phi) is 4.57. The van der Waals surface area contributed by atoms with Crippen molar-refractivity contribution >= 4 is 10.9 Å². The number of ether oxygens (including phenoxy) is 1. The first-order chi connectivity index (χ1) is 14.7. The van der Waals surface area contributed by atoms with Gasteiger partial charge in [0.1, 0.15) is 12.4 Å². The first-order valence-electron chi connectivity index (χ1n) is 9.57. The molecule has 5 rings (SSSR count). The number of benzene rings is 3. The standard InChI is InChI=1S/C24H18N4O2/c29-24-26-22(13-23(27-24)18-8-11-21-19(12-18)14-25-28-21)17-6-9-20(10-7-17)30-15-16-4-2-1-3-5-16/h1-14H,15H2,(H,25,28)(H,26,27,29). The topological polar surface area (TPSA) is 83.7 Å². The van der Waals surface area contributed by atoms with Crippen LogP contribution >= 0.6 is 0 Å². The van der Waals surface area contributed by atoms with Crippen molar-refractivity contribution in [3.63, 3.8) is 0 Å². The monoisotopic (exact) mass is 394 g/mol. The van der Waals surface area contributed by atoms with E-state index in [1.54, 1.807) is 6.20 Å². The van der Waals surface area contributed by atoms with Gasteiger partial charge in [-0.25, -0.2) is 4.79 Å². The number of aromatic amines is 2. The molecule has 2 aromatic heterocycles. The second-order valence-corrected chi connectivity index (χ2v) is 6.96. The van der Waals surface area contributed by atoms with E-state index in [1.165, 1.54) is 0 Å². The van der Waals surface area contributed by atoms with E-state index in [4.69, 9.17) is 4.74 Å². The van der Waals surface area contributed by atoms with Gasteiger partial charge >= 0.3 is 5.69 Å². The Balaban J connectivity index is 1.40. The van der Waals surface area contributed by atoms with Crippen molar-refractivity contribution in [3.05, 3.63) is 101 Å². The van der Waals surface area contributed by atoms with Gasteiger partial charge in [0.15, 0.2) is 0 Å². The van der Waals surface area contributed by atoms with Crippen LogP contribution in [0.2, 0.25) is 0 Å². The highest BCUT2D eigenvalue weighted by molar-refractivity contribution is 5.83. The number of fused-ring (bicyclic) bond motifs is 1. The lowest BCUT2D eigenvalue weighted by Crippen LogP contribution is -2.11. The van der Waals surface area contributed by atoms with Gasteiger partial charge in [0.05, 0.1) is 23.1 Å². The van der Waals surface area contributed by atoms with E-state index in [-0.39, 0.29) is 5.69 Å². The van der Waals surface area contributed by atoms with Gasteiger partial charge in [0.2, 0.25) is 0 Å². The van der Waals surface area contributed by atoms with E-state index >= 15 is 0 Å². The lowest BCUT2D eigenvalue weighted by Gasteiger charge is -2.08. The minimum atomic E-state index is -0.390. The Morgan fingerprint density at radius 2 is 1.67 bits per heavy atom. The summed E-state index contributed by atoms with van der Waals surface area (Å²) in [5.74, 6) is 0.768. The lowest BCUT2D eigenvalue weighted by molar-refractivity contribution is 0.306. The Bertz CT molecular complexity index is 1360. The van der Waals surface area contributed by atoms with Crippen LogP contribution in [0, 0.1) is 0 Å². The predicted octanol–water partition coefficient (Wildman–Crippen LogP) is 4.56. The summed E-state index contributed by atoms with van der Waals surface area (Å²) >= 11 is 0. The largest absolute Gasteiger partial charge is 0.489 e. The number of H-pyrrole nitrogens is 2. The molecule has 0 saturated heterocycles. The maximum atomic E-state index is 12.2. The average Bonchev–Trinajstić information content (AvgIpc) is 3.26. The number of hydrogen-bond acceptors (Lipinski definition) is 4. The van der Waals surface area contributed by atoms with Crippen LogP contribution < -0.4 is 10.4 Å². The van der Waals surface area contributed by atoms with Gasteiger partial charge in [-0.2, -0.15) is 10.1 Å². The Hall–Kier alpha value is -4.19. The van der Waals surface area contributed by atoms with E-state index in [0.717, 1.165) is 33.3 Å². The molecule has 0 unspecified atom stereocenters. The maximum absolute atomic E-state index is 12.2. The summed E-state index contributed by atoms with van der Waals surface area (Å²) in [5, 5.41) is 7.93. The molecule has 3 aromatic carbocycles. The third kappa shape index (κ3) is 3.71. The van der Waals surface area contributed by atoms with Crippen molar-refractivity contribution in [3.8, 4) is 28.3 Å². The van der Waals surface area contributed by atoms with Crippen LogP contribution in [0.3, 0.4) is 0 Å². The highest BCUT2D eigenvalue weighted by Gasteiger charge is 2.08. The van der Waals surface area contributed by atoms with Crippen molar-refractivity contribution in [2.45, 2.75) is 6.61 Å². The summed E-state index contributed by atoms with van der Waals surface area (Å²) in [7, 11) is 0. The summed E-state index contributed by atoms with van der Waals surface area (Å²) in [6.07, 6.45) is 1.75. The van der Waals surface area contributed by atoms with Crippen molar-refractivity contribution < 1.29 is 4.74 Å². The third-order valence-electron chi connectivity index (χ3n) is 4.89. The number of aromatic nitrogens is 4. The summed E-state index contributed by atoms with van der Waals surface area (Å²) in [6.45, 7) is 0.507. The quantitative estimate of drug-likeness (QED) is 0.458. The van der Waals surface area contributed by atoms with Crippen molar-refractivity contribution in [1.82, 2.24) is 20.2 Å². The lowest BCUT2D eigenvalue weighted by atomic mass is 10.1. The predicted molar refractivity (Wildman–Crippen MR) is 116 cm³/mol. The van der Waals surface area contributed by atoms with Crippen LogP contribution in [-0.2, 0) is 6.61 Å². The molecule has 0 amide bonds. The molecule has 0 aliphatic rings. The minimum absolute atomic E-state index is 0.390. The van der Waals surface area contributed by atoms with Gasteiger partial charge in [-0.15, -0.1) is 0 Å². The molecule has 0 saturated carbocycles. The van der Waals surface area contributed by atoms with Gasteiger partial charge in [0, 0.05) is 10.9 Å². The van der Waals surface area contributed by atoms with Crippen LogP contribution in [0.4, 0.5) is 0 Å². The molecule has 0 atom stereocenters. The molecule has 146 valence electrons. The average molecular weight is 394 g/mol. The fourth-order valence-electron chi connectivity index (χ4n) is 3.33. The minimum Gasteiger partial charge on any atom is -0.489 e. The molecule has 6 heteroatoms. The molecule has 2 N–H and O–H groups in total. The van der Waals surface area contributed by atoms with E-state index in [2.05, 4.69) is 20.2 Å². The number of nitrogens with one attached hydrogen (secondary N) is 2. The molecule has 6 nitrogen and oxygen atoms in total. The summed E-state index contributed by atoms with van der Waals surface area (Å²) in [6, 6.07) is 25.4. The van der Waals surface area contributed by atoms with Crippen LogP contribution in [0.25, 0.3) is 33.4 Å². The van der Waals surface area contributed by atoms with Gasteiger partial charge in [-0.05, 0) is 53.6 Å². The van der Waals surface area contributed by atoms with E-state index in [9.17, 15) is 4.79 Å². The fraction of sp³-hybridized carbons (Fsp3) is 0.0417. The first kappa shape index (κ1) is 17.9. The molecule has 0 fully saturated rings. The van der Waals surface area contributed by atoms with E-state index in [0.29, 0.717) is 18.0 Å². The van der Waals surface area contributed by atoms with E-state index < -0.39 is 0 Å². The van der Waals surface area contributed by atoms with E-state index in [1.807, 2.05) is 78.9 Å². The molecule has 30 heavy (non-hydrogen) atoms. The smallest absolute Gasteiger partial charge is 0.345 e. The third-order valence-corrected chi connectivity index (χ3v) is 4.89. The zero-order valence-electron chi connectivity index (χ0n) is 16.0. The number of rotatable bonds is 5. The second kappa shape index (κ2) is 7.67. The van der Waals surface area contributed by atoms with Gasteiger partial charge in [-0.1, -0.05) is 36.4 Å². The molecular formula is C24H18N4O2. The Morgan fingerprint density at radius 1 is 0.867 bits per heavy atom. The Morgan fingerprint density at radius 3 is 2.50 bits per heavy atom. The Labute approximate surface area is 172 Å². The van der Waals surface area contributed by atoms with Crippen molar-refractivity contribution in [2.24, 2.45) is 0 Å². The first-order valence-corrected chi connectivity index (χ1v) is 9.57. The molecular weight excluding hydrogens is 376 g/mol. The number of nitrogens with zero attached hydrogens (tertiary/aromatic N) is 2. The highest BCUT2D eigenvalue weighted by Crippen LogP contribution is 2.26. The van der Waals surface area contributed by atoms with Gasteiger partial charge < -0.3 is 9.72 Å². The van der Waals surface area contributed by atoms with Crippen molar-refractivity contribution in [1.29, 1.82) is 0 Å². The number of hydrogen-bond donors (Lipinski definition) is 2. The summed E-state index contributed by atoms with van der Waals surface area (Å²) in [4.78, 5) is 19.1. The summed E-state index contributed by atoms with van der Waals surface area (Å²) in [5.41, 5.74) is 4.72. The van der Waals surface area contributed by atoms with Crippen LogP contribution in [0.15, 0.2) is 89.9 Å². The summed E-state index contributed by atoms with van der Waals surface area (Å²) < 4.78 is 5.84. The normalized spacial score (nSPS) is 10.9. The van der Waals surface area contributed by atoms with Gasteiger partial charge in [0.25, 0.3) is 0 Å². The molecule has 0 bridgehead atoms. The van der Waals surface area contributed by atoms with Crippen LogP contribution in [0.1, 0.15) is 5.56 Å². The zero-order valence-corrected chi connectivity index (χ0v) is 16.0. The SMILES string of the molecule is O=c1nc(-c2ccc3[nH]ncc3c2)cc(-c2ccc(OCc3ccccc3)cc2)[nH]1. The fourth-order valence-corrected chi connectivity index (χ4v) is 3.33. The molecule has 5 aromatic rings. The highest BCUT2D eigenvalue weighted by atomic mass is 16.5. The maximum Gasteiger partial charge on any atom is 0.345 e. The second-order valence-electron chi connectivity index (χ2n) is 6.96.